The molecule has 0 amide bonds. The Morgan fingerprint density at radius 2 is 1.57 bits per heavy atom. The molecule has 0 radical (unpaired) electrons. The van der Waals surface area contributed by atoms with Crippen LogP contribution >= 0.6 is 0 Å². The lowest BCUT2D eigenvalue weighted by molar-refractivity contribution is 0.170. The van der Waals surface area contributed by atoms with Gasteiger partial charge in [0, 0.05) is 18.2 Å². The normalized spacial score (nSPS) is 12.0. The second-order valence-electron chi connectivity index (χ2n) is 5.36. The van der Waals surface area contributed by atoms with Crippen LogP contribution in [0.4, 0.5) is 0 Å². The molecule has 1 heterocycles. The fourth-order valence-corrected chi connectivity index (χ4v) is 2.55. The third-order valence-electron chi connectivity index (χ3n) is 3.71. The van der Waals surface area contributed by atoms with E-state index in [4.69, 9.17) is 0 Å². The number of pyridine rings is 1. The van der Waals surface area contributed by atoms with Gasteiger partial charge in [0.05, 0.1) is 18.0 Å². The first kappa shape index (κ1) is 15.1. The third-order valence-corrected chi connectivity index (χ3v) is 3.71. The molecule has 4 heteroatoms. The van der Waals surface area contributed by atoms with E-state index in [-0.39, 0.29) is 5.75 Å². The molecule has 0 saturated carbocycles. The monoisotopic (exact) mass is 307 g/mol. The number of aliphatic hydroxyl groups excluding tert-OH is 1. The molecule has 1 atom stereocenters. The van der Waals surface area contributed by atoms with Gasteiger partial charge in [0.15, 0.2) is 5.75 Å². The van der Waals surface area contributed by atoms with E-state index in [1.807, 2.05) is 60.7 Å². The van der Waals surface area contributed by atoms with Gasteiger partial charge in [0.25, 0.3) is 0 Å². The van der Waals surface area contributed by atoms with Crippen LogP contribution in [0.1, 0.15) is 17.4 Å². The van der Waals surface area contributed by atoms with Crippen LogP contribution in [0, 0.1) is 0 Å². The molecule has 2 aromatic carbocycles. The molecule has 116 valence electrons. The first-order valence-corrected chi connectivity index (χ1v) is 7.38. The number of hydrogen-bond donors (Lipinski definition) is 2. The van der Waals surface area contributed by atoms with E-state index in [9.17, 15) is 15.0 Å². The highest BCUT2D eigenvalue weighted by atomic mass is 16.3. The van der Waals surface area contributed by atoms with Crippen molar-refractivity contribution in [2.45, 2.75) is 12.5 Å². The zero-order valence-corrected chi connectivity index (χ0v) is 12.5. The number of para-hydroxylation sites is 1. The van der Waals surface area contributed by atoms with E-state index in [0.29, 0.717) is 12.1 Å². The molecule has 0 aliphatic carbocycles. The molecule has 0 spiro atoms. The van der Waals surface area contributed by atoms with Crippen molar-refractivity contribution in [2.24, 2.45) is 0 Å². The summed E-state index contributed by atoms with van der Waals surface area (Å²) in [5.41, 5.74) is 1.69. The van der Waals surface area contributed by atoms with Crippen LogP contribution in [0.5, 0.6) is 5.75 Å². The molecule has 0 aliphatic rings. The molecular formula is C19H17NO3. The molecule has 1 unspecified atom stereocenters. The Morgan fingerprint density at radius 3 is 2.22 bits per heavy atom. The maximum absolute atomic E-state index is 11.8. The topological polar surface area (TPSA) is 62.5 Å². The van der Waals surface area contributed by atoms with Crippen LogP contribution in [-0.4, -0.2) is 14.8 Å². The average Bonchev–Trinajstić information content (AvgIpc) is 2.58. The SMILES string of the molecule is O=c1cc(C(O)Cc2ccccc2)n(-c2ccccc2)cc1O. The number of aromatic hydroxyl groups is 1. The minimum absolute atomic E-state index is 0.343. The van der Waals surface area contributed by atoms with Gasteiger partial charge < -0.3 is 14.8 Å². The quantitative estimate of drug-likeness (QED) is 0.779. The van der Waals surface area contributed by atoms with Gasteiger partial charge in [0.1, 0.15) is 0 Å². The van der Waals surface area contributed by atoms with E-state index in [2.05, 4.69) is 0 Å². The molecule has 2 N–H and O–H groups in total. The predicted molar refractivity (Wildman–Crippen MR) is 88.8 cm³/mol. The van der Waals surface area contributed by atoms with Gasteiger partial charge in [-0.3, -0.25) is 4.79 Å². The zero-order chi connectivity index (χ0) is 16.2. The van der Waals surface area contributed by atoms with Crippen molar-refractivity contribution < 1.29 is 10.2 Å². The Hall–Kier alpha value is -2.85. The summed E-state index contributed by atoms with van der Waals surface area (Å²) in [5.74, 6) is -0.343. The van der Waals surface area contributed by atoms with Crippen molar-refractivity contribution >= 4 is 0 Å². The minimum Gasteiger partial charge on any atom is -0.503 e. The summed E-state index contributed by atoms with van der Waals surface area (Å²) in [6.07, 6.45) is 0.880. The van der Waals surface area contributed by atoms with Crippen LogP contribution in [0.3, 0.4) is 0 Å². The van der Waals surface area contributed by atoms with Gasteiger partial charge in [-0.1, -0.05) is 48.5 Å². The van der Waals surface area contributed by atoms with E-state index in [0.717, 1.165) is 11.3 Å². The molecule has 3 aromatic rings. The maximum Gasteiger partial charge on any atom is 0.223 e. The molecule has 0 bridgehead atoms. The van der Waals surface area contributed by atoms with Crippen molar-refractivity contribution in [3.05, 3.63) is 94.4 Å². The summed E-state index contributed by atoms with van der Waals surface area (Å²) in [5, 5.41) is 20.3. The lowest BCUT2D eigenvalue weighted by Crippen LogP contribution is -2.15. The van der Waals surface area contributed by atoms with Crippen molar-refractivity contribution in [2.75, 3.05) is 0 Å². The van der Waals surface area contributed by atoms with Crippen LogP contribution in [0.25, 0.3) is 5.69 Å². The Kier molecular flexibility index (Phi) is 4.26. The minimum atomic E-state index is -0.856. The largest absolute Gasteiger partial charge is 0.503 e. The molecule has 0 saturated heterocycles. The van der Waals surface area contributed by atoms with Crippen LogP contribution in [0.2, 0.25) is 0 Å². The molecule has 23 heavy (non-hydrogen) atoms. The Morgan fingerprint density at radius 1 is 0.957 bits per heavy atom. The zero-order valence-electron chi connectivity index (χ0n) is 12.5. The second-order valence-corrected chi connectivity index (χ2v) is 5.36. The van der Waals surface area contributed by atoms with Crippen molar-refractivity contribution in [3.8, 4) is 11.4 Å². The van der Waals surface area contributed by atoms with Gasteiger partial charge >= 0.3 is 0 Å². The molecule has 0 fully saturated rings. The van der Waals surface area contributed by atoms with Gasteiger partial charge in [-0.25, -0.2) is 0 Å². The molecule has 0 aliphatic heterocycles. The van der Waals surface area contributed by atoms with Crippen LogP contribution in [-0.2, 0) is 6.42 Å². The smallest absolute Gasteiger partial charge is 0.223 e. The average molecular weight is 307 g/mol. The first-order valence-electron chi connectivity index (χ1n) is 7.38. The molecule has 3 rings (SSSR count). The van der Waals surface area contributed by atoms with Gasteiger partial charge in [-0.05, 0) is 17.7 Å². The van der Waals surface area contributed by atoms with Gasteiger partial charge in [-0.2, -0.15) is 0 Å². The molecular weight excluding hydrogens is 290 g/mol. The molecule has 1 aromatic heterocycles. The van der Waals surface area contributed by atoms with E-state index < -0.39 is 11.5 Å². The lowest BCUT2D eigenvalue weighted by atomic mass is 10.0. The standard InChI is InChI=1S/C19H17NO3/c21-17(11-14-7-3-1-4-8-14)16-12-18(22)19(23)13-20(16)15-9-5-2-6-10-15/h1-10,12-13,17,21,23H,11H2. The van der Waals surface area contributed by atoms with Crippen molar-refractivity contribution in [1.82, 2.24) is 4.57 Å². The summed E-state index contributed by atoms with van der Waals surface area (Å²) < 4.78 is 1.64. The van der Waals surface area contributed by atoms with Crippen LogP contribution < -0.4 is 5.43 Å². The highest BCUT2D eigenvalue weighted by Gasteiger charge is 2.16. The Labute approximate surface area is 133 Å². The maximum atomic E-state index is 11.8. The van der Waals surface area contributed by atoms with Gasteiger partial charge in [-0.15, -0.1) is 0 Å². The number of rotatable bonds is 4. The van der Waals surface area contributed by atoms with Crippen molar-refractivity contribution in [1.29, 1.82) is 0 Å². The highest BCUT2D eigenvalue weighted by Crippen LogP contribution is 2.22. The summed E-state index contributed by atoms with van der Waals surface area (Å²) >= 11 is 0. The van der Waals surface area contributed by atoms with E-state index in [1.165, 1.54) is 12.3 Å². The number of benzene rings is 2. The van der Waals surface area contributed by atoms with E-state index >= 15 is 0 Å². The van der Waals surface area contributed by atoms with Gasteiger partial charge in [0.2, 0.25) is 5.43 Å². The Bertz CT molecular complexity index is 841. The highest BCUT2D eigenvalue weighted by molar-refractivity contribution is 5.37. The fraction of sp³-hybridized carbons (Fsp3) is 0.105. The number of aliphatic hydroxyl groups is 1. The number of aromatic nitrogens is 1. The van der Waals surface area contributed by atoms with E-state index in [1.54, 1.807) is 4.57 Å². The number of nitrogens with zero attached hydrogens (tertiary/aromatic N) is 1. The fourth-order valence-electron chi connectivity index (χ4n) is 2.55. The van der Waals surface area contributed by atoms with Crippen LogP contribution in [0.15, 0.2) is 77.7 Å². The third kappa shape index (κ3) is 3.33. The Balaban J connectivity index is 2.04. The van der Waals surface area contributed by atoms with Crippen molar-refractivity contribution in [3.63, 3.8) is 0 Å². The summed E-state index contributed by atoms with van der Waals surface area (Å²) in [6.45, 7) is 0. The second kappa shape index (κ2) is 6.50. The molecule has 4 nitrogen and oxygen atoms in total. The summed E-state index contributed by atoms with van der Waals surface area (Å²) in [7, 11) is 0. The number of hydrogen-bond acceptors (Lipinski definition) is 3. The summed E-state index contributed by atoms with van der Waals surface area (Å²) in [4.78, 5) is 11.8. The lowest BCUT2D eigenvalue weighted by Gasteiger charge is -2.18. The first-order chi connectivity index (χ1) is 11.1. The predicted octanol–water partition coefficient (Wildman–Crippen LogP) is 2.82. The summed E-state index contributed by atoms with van der Waals surface area (Å²) in [6, 6.07) is 20.2.